The summed E-state index contributed by atoms with van der Waals surface area (Å²) >= 11 is 12.0. The molecule has 2 aromatic rings. The zero-order valence-corrected chi connectivity index (χ0v) is 15.4. The molecule has 2 aromatic carbocycles. The van der Waals surface area contributed by atoms with E-state index in [1.165, 1.54) is 24.3 Å². The number of nitrogens with zero attached hydrogens (tertiary/aromatic N) is 1. The third-order valence-corrected chi connectivity index (χ3v) is 4.93. The van der Waals surface area contributed by atoms with Crippen LogP contribution in [0.3, 0.4) is 0 Å². The second-order valence-electron chi connectivity index (χ2n) is 6.17. The third-order valence-electron chi connectivity index (χ3n) is 4.39. The van der Waals surface area contributed by atoms with Gasteiger partial charge in [-0.3, -0.25) is 9.59 Å². The number of halogens is 3. The van der Waals surface area contributed by atoms with Gasteiger partial charge in [-0.25, -0.2) is 4.39 Å². The van der Waals surface area contributed by atoms with Crippen molar-refractivity contribution in [2.75, 3.05) is 13.1 Å². The highest BCUT2D eigenvalue weighted by atomic mass is 35.5. The maximum atomic E-state index is 12.9. The first-order valence-corrected chi connectivity index (χ1v) is 9.00. The van der Waals surface area contributed by atoms with Gasteiger partial charge in [0.1, 0.15) is 5.82 Å². The number of carbonyl (C=O) groups excluding carboxylic acids is 2. The number of likely N-dealkylation sites (tertiary alicyclic amines) is 1. The highest BCUT2D eigenvalue weighted by Gasteiger charge is 2.26. The molecule has 0 atom stereocenters. The van der Waals surface area contributed by atoms with Gasteiger partial charge in [-0.1, -0.05) is 23.2 Å². The molecular weight excluding hydrogens is 378 g/mol. The van der Waals surface area contributed by atoms with Crippen LogP contribution < -0.4 is 5.32 Å². The Morgan fingerprint density at radius 2 is 1.69 bits per heavy atom. The van der Waals surface area contributed by atoms with E-state index in [1.54, 1.807) is 23.1 Å². The van der Waals surface area contributed by atoms with E-state index in [4.69, 9.17) is 23.2 Å². The van der Waals surface area contributed by atoms with Crippen LogP contribution in [-0.2, 0) is 0 Å². The van der Waals surface area contributed by atoms with Gasteiger partial charge in [0, 0.05) is 29.7 Å². The Labute approximate surface area is 160 Å². The van der Waals surface area contributed by atoms with Crippen LogP contribution in [0.5, 0.6) is 0 Å². The zero-order chi connectivity index (χ0) is 18.7. The number of carbonyl (C=O) groups is 2. The van der Waals surface area contributed by atoms with Gasteiger partial charge in [0.15, 0.2) is 0 Å². The van der Waals surface area contributed by atoms with Crippen LogP contribution in [0.4, 0.5) is 4.39 Å². The fourth-order valence-electron chi connectivity index (χ4n) is 2.93. The monoisotopic (exact) mass is 394 g/mol. The molecule has 1 saturated heterocycles. The second kappa shape index (κ2) is 8.06. The molecular formula is C19H17Cl2FN2O2. The summed E-state index contributed by atoms with van der Waals surface area (Å²) in [6.45, 7) is 1.04. The van der Waals surface area contributed by atoms with Gasteiger partial charge in [0.05, 0.1) is 10.6 Å². The van der Waals surface area contributed by atoms with Crippen molar-refractivity contribution in [1.82, 2.24) is 10.2 Å². The van der Waals surface area contributed by atoms with Gasteiger partial charge >= 0.3 is 0 Å². The van der Waals surface area contributed by atoms with Crippen molar-refractivity contribution in [3.8, 4) is 0 Å². The molecule has 1 aliphatic rings. The number of rotatable bonds is 3. The molecule has 3 rings (SSSR count). The second-order valence-corrected chi connectivity index (χ2v) is 7.01. The van der Waals surface area contributed by atoms with Crippen molar-refractivity contribution in [1.29, 1.82) is 0 Å². The molecule has 0 radical (unpaired) electrons. The van der Waals surface area contributed by atoms with Crippen LogP contribution in [0.15, 0.2) is 42.5 Å². The van der Waals surface area contributed by atoms with Crippen LogP contribution >= 0.6 is 23.2 Å². The minimum atomic E-state index is -0.380. The quantitative estimate of drug-likeness (QED) is 0.848. The zero-order valence-electron chi connectivity index (χ0n) is 13.8. The fraction of sp³-hybridized carbons (Fsp3) is 0.263. The molecule has 0 spiro atoms. The van der Waals surface area contributed by atoms with Crippen LogP contribution in [-0.4, -0.2) is 35.8 Å². The average molecular weight is 395 g/mol. The number of nitrogens with one attached hydrogen (secondary N) is 1. The summed E-state index contributed by atoms with van der Waals surface area (Å²) in [4.78, 5) is 26.5. The molecule has 26 heavy (non-hydrogen) atoms. The molecule has 7 heteroatoms. The van der Waals surface area contributed by atoms with Gasteiger partial charge in [0.25, 0.3) is 11.8 Å². The first-order chi connectivity index (χ1) is 12.4. The third kappa shape index (κ3) is 4.34. The van der Waals surface area contributed by atoms with E-state index in [-0.39, 0.29) is 23.7 Å². The molecule has 0 aliphatic carbocycles. The van der Waals surface area contributed by atoms with Gasteiger partial charge in [-0.15, -0.1) is 0 Å². The summed E-state index contributed by atoms with van der Waals surface area (Å²) in [5.41, 5.74) is 0.836. The first-order valence-electron chi connectivity index (χ1n) is 8.25. The Morgan fingerprint density at radius 3 is 2.31 bits per heavy atom. The smallest absolute Gasteiger partial charge is 0.255 e. The first kappa shape index (κ1) is 18.7. The largest absolute Gasteiger partial charge is 0.349 e. The van der Waals surface area contributed by atoms with E-state index in [0.29, 0.717) is 47.1 Å². The number of piperidine rings is 1. The number of amides is 2. The standard InChI is InChI=1S/C19H17Cl2FN2O2/c20-13-3-6-16(17(21)11-13)19(26)24-9-7-15(8-10-24)23-18(25)12-1-4-14(22)5-2-12/h1-6,11,15H,7-10H2,(H,23,25). The molecule has 1 N–H and O–H groups in total. The topological polar surface area (TPSA) is 49.4 Å². The van der Waals surface area contributed by atoms with E-state index in [9.17, 15) is 14.0 Å². The summed E-state index contributed by atoms with van der Waals surface area (Å²) in [6.07, 6.45) is 1.29. The maximum Gasteiger partial charge on any atom is 0.255 e. The molecule has 0 saturated carbocycles. The minimum absolute atomic E-state index is 0.0303. The molecule has 1 fully saturated rings. The lowest BCUT2D eigenvalue weighted by Crippen LogP contribution is -2.46. The van der Waals surface area contributed by atoms with Crippen LogP contribution in [0.25, 0.3) is 0 Å². The highest BCUT2D eigenvalue weighted by molar-refractivity contribution is 6.36. The highest BCUT2D eigenvalue weighted by Crippen LogP contribution is 2.23. The fourth-order valence-corrected chi connectivity index (χ4v) is 3.42. The van der Waals surface area contributed by atoms with Crippen LogP contribution in [0.1, 0.15) is 33.6 Å². The van der Waals surface area contributed by atoms with Crippen LogP contribution in [0, 0.1) is 5.82 Å². The van der Waals surface area contributed by atoms with Gasteiger partial charge < -0.3 is 10.2 Å². The Hall–Kier alpha value is -2.11. The Bertz CT molecular complexity index is 819. The number of hydrogen-bond acceptors (Lipinski definition) is 2. The summed E-state index contributed by atoms with van der Waals surface area (Å²) in [5.74, 6) is -0.764. The molecule has 136 valence electrons. The lowest BCUT2D eigenvalue weighted by atomic mass is 10.0. The summed E-state index contributed by atoms with van der Waals surface area (Å²) in [7, 11) is 0. The predicted octanol–water partition coefficient (Wildman–Crippen LogP) is 4.17. The molecule has 2 amide bonds. The maximum absolute atomic E-state index is 12.9. The predicted molar refractivity (Wildman–Crippen MR) is 99.3 cm³/mol. The normalized spacial score (nSPS) is 15.0. The molecule has 1 aliphatic heterocycles. The average Bonchev–Trinajstić information content (AvgIpc) is 2.62. The van der Waals surface area contributed by atoms with Crippen LogP contribution in [0.2, 0.25) is 10.0 Å². The van der Waals surface area contributed by atoms with Crippen molar-refractivity contribution in [2.24, 2.45) is 0 Å². The lowest BCUT2D eigenvalue weighted by molar-refractivity contribution is 0.0698. The Morgan fingerprint density at radius 1 is 1.04 bits per heavy atom. The number of hydrogen-bond donors (Lipinski definition) is 1. The molecule has 0 unspecified atom stereocenters. The van der Waals surface area contributed by atoms with Crippen molar-refractivity contribution in [3.63, 3.8) is 0 Å². The van der Waals surface area contributed by atoms with Gasteiger partial charge in [-0.2, -0.15) is 0 Å². The Balaban J connectivity index is 1.56. The van der Waals surface area contributed by atoms with Crippen molar-refractivity contribution in [3.05, 3.63) is 69.5 Å². The van der Waals surface area contributed by atoms with Crippen molar-refractivity contribution < 1.29 is 14.0 Å². The minimum Gasteiger partial charge on any atom is -0.349 e. The summed E-state index contributed by atoms with van der Waals surface area (Å²) in [5, 5.41) is 3.74. The summed E-state index contributed by atoms with van der Waals surface area (Å²) < 4.78 is 12.9. The van der Waals surface area contributed by atoms with Crippen molar-refractivity contribution >= 4 is 35.0 Å². The molecule has 1 heterocycles. The Kier molecular flexibility index (Phi) is 5.79. The number of benzene rings is 2. The van der Waals surface area contributed by atoms with Gasteiger partial charge in [-0.05, 0) is 55.3 Å². The molecule has 0 bridgehead atoms. The molecule has 4 nitrogen and oxygen atoms in total. The van der Waals surface area contributed by atoms with Gasteiger partial charge in [0.2, 0.25) is 0 Å². The van der Waals surface area contributed by atoms with E-state index >= 15 is 0 Å². The van der Waals surface area contributed by atoms with E-state index in [2.05, 4.69) is 5.32 Å². The van der Waals surface area contributed by atoms with E-state index in [0.717, 1.165) is 0 Å². The van der Waals surface area contributed by atoms with Crippen molar-refractivity contribution in [2.45, 2.75) is 18.9 Å². The van der Waals surface area contributed by atoms with E-state index in [1.807, 2.05) is 0 Å². The molecule has 0 aromatic heterocycles. The SMILES string of the molecule is O=C(NC1CCN(C(=O)c2ccc(Cl)cc2Cl)CC1)c1ccc(F)cc1. The van der Waals surface area contributed by atoms with E-state index < -0.39 is 0 Å². The lowest BCUT2D eigenvalue weighted by Gasteiger charge is -2.32. The summed E-state index contributed by atoms with van der Waals surface area (Å²) in [6, 6.07) is 10.2.